The predicted octanol–water partition coefficient (Wildman–Crippen LogP) is 5.00. The number of halogens is 1. The second-order valence-corrected chi connectivity index (χ2v) is 10.4. The van der Waals surface area contributed by atoms with Crippen molar-refractivity contribution in [3.63, 3.8) is 0 Å². The van der Waals surface area contributed by atoms with Crippen molar-refractivity contribution in [3.05, 3.63) is 99.6 Å². The third-order valence-electron chi connectivity index (χ3n) is 7.65. The number of piperidine rings is 1. The first kappa shape index (κ1) is 23.7. The first-order chi connectivity index (χ1) is 18.0. The molecule has 37 heavy (non-hydrogen) atoms. The third-order valence-corrected chi connectivity index (χ3v) is 7.65. The van der Waals surface area contributed by atoms with E-state index in [4.69, 9.17) is 5.73 Å². The average molecular weight is 497 g/mol. The molecule has 1 fully saturated rings. The Labute approximate surface area is 217 Å². The highest BCUT2D eigenvalue weighted by molar-refractivity contribution is 6.14. The van der Waals surface area contributed by atoms with Crippen molar-refractivity contribution in [2.45, 2.75) is 52.1 Å². The Bertz CT molecular complexity index is 1390. The van der Waals surface area contributed by atoms with Gasteiger partial charge in [0, 0.05) is 53.4 Å². The summed E-state index contributed by atoms with van der Waals surface area (Å²) >= 11 is 0. The van der Waals surface area contributed by atoms with Crippen LogP contribution in [0.15, 0.2) is 82.2 Å². The highest BCUT2D eigenvalue weighted by atomic mass is 19.1. The molecule has 2 aromatic rings. The lowest BCUT2D eigenvalue weighted by Gasteiger charge is -2.28. The molecule has 0 amide bonds. The number of likely N-dealkylation sites (tertiary alicyclic amines) is 1. The predicted molar refractivity (Wildman–Crippen MR) is 146 cm³/mol. The first-order valence-electron chi connectivity index (χ1n) is 13.2. The van der Waals surface area contributed by atoms with E-state index in [9.17, 15) is 0 Å². The number of dihydropyridines is 1. The highest BCUT2D eigenvalue weighted by Gasteiger charge is 2.27. The number of aromatic nitrogens is 1. The topological polar surface area (TPSA) is 78.6 Å². The van der Waals surface area contributed by atoms with Crippen molar-refractivity contribution in [2.24, 2.45) is 10.8 Å². The molecule has 0 radical (unpaired) electrons. The summed E-state index contributed by atoms with van der Waals surface area (Å²) in [6.45, 7) is 5.59. The van der Waals surface area contributed by atoms with Crippen molar-refractivity contribution in [2.75, 3.05) is 13.1 Å². The number of benzene rings is 1. The summed E-state index contributed by atoms with van der Waals surface area (Å²) in [7, 11) is 0. The van der Waals surface area contributed by atoms with Crippen LogP contribution in [0, 0.1) is 5.82 Å². The Balaban J connectivity index is 1.33. The van der Waals surface area contributed by atoms with E-state index in [1.54, 1.807) is 6.07 Å². The highest BCUT2D eigenvalue weighted by Crippen LogP contribution is 2.33. The van der Waals surface area contributed by atoms with Crippen LogP contribution >= 0.6 is 0 Å². The number of hydrogen-bond donors (Lipinski definition) is 3. The van der Waals surface area contributed by atoms with E-state index in [0.29, 0.717) is 18.5 Å². The Hall–Kier alpha value is -3.71. The van der Waals surface area contributed by atoms with Crippen LogP contribution in [0.25, 0.3) is 11.1 Å². The maximum atomic E-state index is 15.5. The zero-order valence-electron chi connectivity index (χ0n) is 21.3. The summed E-state index contributed by atoms with van der Waals surface area (Å²) in [4.78, 5) is 6.99. The summed E-state index contributed by atoms with van der Waals surface area (Å²) in [5.74, 6) is -0.229. The van der Waals surface area contributed by atoms with Crippen LogP contribution in [0.5, 0.6) is 0 Å². The molecule has 4 N–H and O–H groups in total. The second-order valence-electron chi connectivity index (χ2n) is 10.4. The lowest BCUT2D eigenvalue weighted by molar-refractivity contribution is 0.220. The lowest BCUT2D eigenvalue weighted by Crippen LogP contribution is -2.32. The van der Waals surface area contributed by atoms with Crippen LogP contribution in [0.4, 0.5) is 4.39 Å². The van der Waals surface area contributed by atoms with E-state index >= 15 is 4.39 Å². The van der Waals surface area contributed by atoms with Crippen LogP contribution in [0.1, 0.15) is 55.7 Å². The summed E-state index contributed by atoms with van der Waals surface area (Å²) in [6, 6.07) is 5.84. The zero-order valence-corrected chi connectivity index (χ0v) is 21.3. The summed E-state index contributed by atoms with van der Waals surface area (Å²) in [5, 5.41) is 8.26. The molecule has 3 aliphatic heterocycles. The van der Waals surface area contributed by atoms with Gasteiger partial charge in [0.05, 0.1) is 12.2 Å². The summed E-state index contributed by atoms with van der Waals surface area (Å²) in [6.07, 6.45) is 15.1. The number of hydrazone groups is 1. The molecular formula is C30H33FN6. The van der Waals surface area contributed by atoms with Gasteiger partial charge < -0.3 is 16.5 Å². The lowest BCUT2D eigenvalue weighted by atomic mass is 9.89. The normalized spacial score (nSPS) is 19.8. The molecule has 0 saturated carbocycles. The molecule has 1 saturated heterocycles. The molecule has 6 nitrogen and oxygen atoms in total. The maximum Gasteiger partial charge on any atom is 0.129 e. The fourth-order valence-corrected chi connectivity index (χ4v) is 5.70. The first-order valence-corrected chi connectivity index (χ1v) is 13.2. The van der Waals surface area contributed by atoms with E-state index in [0.717, 1.165) is 76.7 Å². The Kier molecular flexibility index (Phi) is 6.38. The van der Waals surface area contributed by atoms with Gasteiger partial charge in [-0.3, -0.25) is 9.88 Å². The zero-order chi connectivity index (χ0) is 25.4. The van der Waals surface area contributed by atoms with Crippen molar-refractivity contribution >= 4 is 5.71 Å². The smallest absolute Gasteiger partial charge is 0.129 e. The Morgan fingerprint density at radius 2 is 1.92 bits per heavy atom. The number of nitrogens with one attached hydrogen (secondary N) is 2. The van der Waals surface area contributed by atoms with Gasteiger partial charge in [-0.25, -0.2) is 4.39 Å². The minimum atomic E-state index is -0.229. The summed E-state index contributed by atoms with van der Waals surface area (Å²) < 4.78 is 15.5. The molecule has 7 heteroatoms. The molecule has 4 aliphatic rings. The average Bonchev–Trinajstić information content (AvgIpc) is 3.08. The van der Waals surface area contributed by atoms with Gasteiger partial charge in [-0.15, -0.1) is 0 Å². The van der Waals surface area contributed by atoms with E-state index < -0.39 is 0 Å². The largest absolute Gasteiger partial charge is 0.402 e. The van der Waals surface area contributed by atoms with Crippen LogP contribution in [-0.4, -0.2) is 28.7 Å². The number of fused-ring (bicyclic) bond motifs is 1. The van der Waals surface area contributed by atoms with E-state index in [1.165, 1.54) is 24.8 Å². The SMILES string of the molecule is CC1=C(C2=NNCc3c(F)cc(-c4cncc(CN5CCCCC5)c4)cc32)NC2=C(C=CC=C(N)C2)C1. The quantitative estimate of drug-likeness (QED) is 0.555. The summed E-state index contributed by atoms with van der Waals surface area (Å²) in [5.41, 5.74) is 19.5. The molecule has 1 aliphatic carbocycles. The van der Waals surface area contributed by atoms with Gasteiger partial charge in [-0.1, -0.05) is 18.6 Å². The number of allylic oxidation sites excluding steroid dienone is 6. The van der Waals surface area contributed by atoms with Crippen LogP contribution in [0.2, 0.25) is 0 Å². The Morgan fingerprint density at radius 1 is 1.05 bits per heavy atom. The Morgan fingerprint density at radius 3 is 2.78 bits per heavy atom. The second kappa shape index (κ2) is 9.98. The maximum absolute atomic E-state index is 15.5. The fourth-order valence-electron chi connectivity index (χ4n) is 5.70. The molecule has 1 aromatic heterocycles. The van der Waals surface area contributed by atoms with Gasteiger partial charge in [0.2, 0.25) is 0 Å². The van der Waals surface area contributed by atoms with Crippen LogP contribution < -0.4 is 16.5 Å². The molecule has 0 atom stereocenters. The monoisotopic (exact) mass is 496 g/mol. The number of rotatable bonds is 4. The van der Waals surface area contributed by atoms with Gasteiger partial charge in [-0.05, 0) is 85.8 Å². The molecular weight excluding hydrogens is 463 g/mol. The molecule has 0 bridgehead atoms. The van der Waals surface area contributed by atoms with Gasteiger partial charge >= 0.3 is 0 Å². The third kappa shape index (κ3) is 4.83. The van der Waals surface area contributed by atoms with Crippen molar-refractivity contribution in [3.8, 4) is 11.1 Å². The van der Waals surface area contributed by atoms with Crippen molar-refractivity contribution in [1.29, 1.82) is 0 Å². The number of pyridine rings is 1. The van der Waals surface area contributed by atoms with E-state index in [1.807, 2.05) is 24.5 Å². The standard InChI is InChI=1S/C30H33FN6/c1-19-10-21-6-5-7-24(32)14-28(21)35-29(19)30-25-12-22(13-27(31)26(25)17-34-36-30)23-11-20(15-33-16-23)18-37-8-3-2-4-9-37/h5-7,11-13,15-16,34-35H,2-4,8-10,14,17-18,32H2,1H3. The van der Waals surface area contributed by atoms with Gasteiger partial charge in [0.25, 0.3) is 0 Å². The minimum absolute atomic E-state index is 0.229. The number of hydrogen-bond acceptors (Lipinski definition) is 6. The molecule has 4 heterocycles. The van der Waals surface area contributed by atoms with Crippen LogP contribution in [-0.2, 0) is 13.1 Å². The molecule has 0 spiro atoms. The number of nitrogens with zero attached hydrogens (tertiary/aromatic N) is 3. The minimum Gasteiger partial charge on any atom is -0.402 e. The number of nitrogens with two attached hydrogens (primary N) is 1. The van der Waals surface area contributed by atoms with Crippen LogP contribution in [0.3, 0.4) is 0 Å². The molecule has 0 unspecified atom stereocenters. The van der Waals surface area contributed by atoms with E-state index in [-0.39, 0.29) is 5.82 Å². The fraction of sp³-hybridized carbons (Fsp3) is 0.333. The van der Waals surface area contributed by atoms with Gasteiger partial charge in [-0.2, -0.15) is 5.10 Å². The molecule has 190 valence electrons. The van der Waals surface area contributed by atoms with E-state index in [2.05, 4.69) is 50.9 Å². The van der Waals surface area contributed by atoms with Crippen molar-refractivity contribution in [1.82, 2.24) is 20.6 Å². The van der Waals surface area contributed by atoms with Crippen molar-refractivity contribution < 1.29 is 4.39 Å². The van der Waals surface area contributed by atoms with Gasteiger partial charge in [0.15, 0.2) is 0 Å². The molecule has 6 rings (SSSR count). The molecule has 1 aromatic carbocycles. The van der Waals surface area contributed by atoms with Gasteiger partial charge in [0.1, 0.15) is 11.5 Å².